The van der Waals surface area contributed by atoms with Crippen LogP contribution in [0.15, 0.2) is 43.0 Å². The number of aromatic nitrogens is 5. The Bertz CT molecular complexity index is 1100. The van der Waals surface area contributed by atoms with Gasteiger partial charge in [0.15, 0.2) is 12.2 Å². The van der Waals surface area contributed by atoms with Gasteiger partial charge in [0.2, 0.25) is 0 Å². The number of hydrogen-bond acceptors (Lipinski definition) is 7. The van der Waals surface area contributed by atoms with Crippen LogP contribution in [0.25, 0.3) is 0 Å². The summed E-state index contributed by atoms with van der Waals surface area (Å²) in [6.45, 7) is 2.67. The minimum absolute atomic E-state index is 0.276. The molecule has 0 aromatic carbocycles. The maximum absolute atomic E-state index is 12.1. The Labute approximate surface area is 209 Å². The number of ether oxygens (including phenoxy) is 2. The standard InChI is InChI=1S/C25H31N7O4/c33-24(35-20-8-14-31-16-12-26-22(20)31)28-10-2-6-18-4-1-5-19(30-18)7-3-11-29-25(34)36-21-9-15-32-17-13-27-23(21)32/h1,4-5,12-13,16-17,20-21H,2-3,6-11,14-15H2,(H,28,33)(H,29,34)/t20-,21-/m1/s1. The van der Waals surface area contributed by atoms with Gasteiger partial charge in [0.05, 0.1) is 0 Å². The Morgan fingerprint density at radius 3 is 1.83 bits per heavy atom. The molecule has 2 atom stereocenters. The van der Waals surface area contributed by atoms with Gasteiger partial charge in [-0.1, -0.05) is 6.07 Å². The smallest absolute Gasteiger partial charge is 0.407 e. The molecule has 0 bridgehead atoms. The average molecular weight is 494 g/mol. The molecule has 0 saturated carbocycles. The van der Waals surface area contributed by atoms with Crippen molar-refractivity contribution in [1.82, 2.24) is 34.7 Å². The number of fused-ring (bicyclic) bond motifs is 2. The topological polar surface area (TPSA) is 125 Å². The molecule has 2 amide bonds. The molecule has 0 radical (unpaired) electrons. The van der Waals surface area contributed by atoms with Crippen molar-refractivity contribution in [2.45, 2.75) is 63.8 Å². The molecule has 0 spiro atoms. The molecular formula is C25H31N7O4. The number of hydrogen-bond donors (Lipinski definition) is 2. The Morgan fingerprint density at radius 1 is 0.833 bits per heavy atom. The van der Waals surface area contributed by atoms with Crippen LogP contribution >= 0.6 is 0 Å². The molecule has 11 heteroatoms. The van der Waals surface area contributed by atoms with Crippen molar-refractivity contribution < 1.29 is 19.1 Å². The largest absolute Gasteiger partial charge is 0.438 e. The summed E-state index contributed by atoms with van der Waals surface area (Å²) in [5, 5.41) is 5.63. The van der Waals surface area contributed by atoms with Crippen molar-refractivity contribution >= 4 is 12.2 Å². The molecule has 2 N–H and O–H groups in total. The number of imidazole rings is 2. The number of alkyl carbamates (subject to hydrolysis) is 2. The van der Waals surface area contributed by atoms with E-state index in [0.717, 1.165) is 74.7 Å². The van der Waals surface area contributed by atoms with Crippen LogP contribution < -0.4 is 10.6 Å². The number of aryl methyl sites for hydroxylation is 4. The molecule has 0 aliphatic carbocycles. The van der Waals surface area contributed by atoms with Crippen LogP contribution in [-0.2, 0) is 35.4 Å². The van der Waals surface area contributed by atoms with Crippen LogP contribution in [0.1, 0.15) is 60.9 Å². The Kier molecular flexibility index (Phi) is 7.44. The van der Waals surface area contributed by atoms with Gasteiger partial charge >= 0.3 is 12.2 Å². The van der Waals surface area contributed by atoms with Crippen molar-refractivity contribution in [3.8, 4) is 0 Å². The van der Waals surface area contributed by atoms with Crippen LogP contribution in [0.3, 0.4) is 0 Å². The van der Waals surface area contributed by atoms with Crippen LogP contribution in [0, 0.1) is 0 Å². The molecule has 2 aliphatic rings. The first-order valence-electron chi connectivity index (χ1n) is 12.5. The van der Waals surface area contributed by atoms with E-state index in [4.69, 9.17) is 14.5 Å². The molecule has 11 nitrogen and oxygen atoms in total. The Hall–Kier alpha value is -3.89. The number of carbonyl (C=O) groups excluding carboxylic acids is 2. The first kappa shape index (κ1) is 23.8. The van der Waals surface area contributed by atoms with Gasteiger partial charge < -0.3 is 29.2 Å². The molecule has 0 saturated heterocycles. The fraction of sp³-hybridized carbons (Fsp3) is 0.480. The van der Waals surface area contributed by atoms with E-state index in [1.54, 1.807) is 12.4 Å². The van der Waals surface area contributed by atoms with E-state index in [1.807, 2.05) is 39.7 Å². The lowest BCUT2D eigenvalue weighted by atomic mass is 10.1. The highest BCUT2D eigenvalue weighted by Gasteiger charge is 2.27. The highest BCUT2D eigenvalue weighted by Crippen LogP contribution is 2.28. The summed E-state index contributed by atoms with van der Waals surface area (Å²) in [7, 11) is 0. The minimum Gasteiger partial charge on any atom is -0.438 e. The molecule has 2 aliphatic heterocycles. The second-order valence-corrected chi connectivity index (χ2v) is 9.00. The zero-order chi connectivity index (χ0) is 24.7. The molecule has 3 aromatic rings. The zero-order valence-corrected chi connectivity index (χ0v) is 20.1. The number of amides is 2. The van der Waals surface area contributed by atoms with Gasteiger partial charge in [0, 0.05) is 75.2 Å². The first-order valence-corrected chi connectivity index (χ1v) is 12.5. The number of nitrogens with zero attached hydrogens (tertiary/aromatic N) is 5. The monoisotopic (exact) mass is 493 g/mol. The predicted molar refractivity (Wildman–Crippen MR) is 129 cm³/mol. The summed E-state index contributed by atoms with van der Waals surface area (Å²) in [6, 6.07) is 5.97. The third-order valence-corrected chi connectivity index (χ3v) is 6.46. The summed E-state index contributed by atoms with van der Waals surface area (Å²) in [5.41, 5.74) is 1.95. The number of rotatable bonds is 10. The average Bonchev–Trinajstić information content (AvgIpc) is 3.65. The lowest BCUT2D eigenvalue weighted by Crippen LogP contribution is -2.27. The lowest BCUT2D eigenvalue weighted by molar-refractivity contribution is 0.0954. The summed E-state index contributed by atoms with van der Waals surface area (Å²) in [5.74, 6) is 1.61. The highest BCUT2D eigenvalue weighted by atomic mass is 16.6. The van der Waals surface area contributed by atoms with E-state index in [9.17, 15) is 9.59 Å². The van der Waals surface area contributed by atoms with Crippen LogP contribution in [0.2, 0.25) is 0 Å². The molecule has 36 heavy (non-hydrogen) atoms. The van der Waals surface area contributed by atoms with Crippen molar-refractivity contribution in [1.29, 1.82) is 0 Å². The highest BCUT2D eigenvalue weighted by molar-refractivity contribution is 5.67. The van der Waals surface area contributed by atoms with E-state index < -0.39 is 12.2 Å². The van der Waals surface area contributed by atoms with Gasteiger partial charge in [-0.15, -0.1) is 0 Å². The van der Waals surface area contributed by atoms with Crippen molar-refractivity contribution in [2.75, 3.05) is 13.1 Å². The SMILES string of the molecule is O=C(NCCCc1cccc(CCCNC(=O)O[C@@H]2CCn3ccnc32)n1)O[C@@H]1CCn2ccnc21. The second kappa shape index (κ2) is 11.2. The fourth-order valence-corrected chi connectivity index (χ4v) is 4.66. The third kappa shape index (κ3) is 5.84. The summed E-state index contributed by atoms with van der Waals surface area (Å²) >= 11 is 0. The second-order valence-electron chi connectivity index (χ2n) is 9.00. The van der Waals surface area contributed by atoms with Crippen molar-refractivity contribution in [2.24, 2.45) is 0 Å². The predicted octanol–water partition coefficient (Wildman–Crippen LogP) is 3.08. The molecular weight excluding hydrogens is 462 g/mol. The van der Waals surface area contributed by atoms with Gasteiger partial charge in [0.25, 0.3) is 0 Å². The minimum atomic E-state index is -0.414. The van der Waals surface area contributed by atoms with Gasteiger partial charge in [-0.25, -0.2) is 19.6 Å². The normalized spacial score (nSPS) is 17.9. The van der Waals surface area contributed by atoms with Gasteiger partial charge in [-0.2, -0.15) is 0 Å². The molecule has 0 unspecified atom stereocenters. The maximum Gasteiger partial charge on any atom is 0.407 e. The Morgan fingerprint density at radius 2 is 1.33 bits per heavy atom. The molecule has 5 rings (SSSR count). The van der Waals surface area contributed by atoms with E-state index in [0.29, 0.717) is 13.1 Å². The van der Waals surface area contributed by atoms with Crippen molar-refractivity contribution in [3.05, 3.63) is 66.0 Å². The van der Waals surface area contributed by atoms with Gasteiger partial charge in [-0.3, -0.25) is 4.98 Å². The molecule has 5 heterocycles. The number of carbonyl (C=O) groups is 2. The van der Waals surface area contributed by atoms with E-state index in [2.05, 4.69) is 20.6 Å². The number of nitrogens with one attached hydrogen (secondary N) is 2. The molecule has 0 fully saturated rings. The third-order valence-electron chi connectivity index (χ3n) is 6.46. The van der Waals surface area contributed by atoms with Crippen LogP contribution in [-0.4, -0.2) is 49.4 Å². The maximum atomic E-state index is 12.1. The summed E-state index contributed by atoms with van der Waals surface area (Å²) < 4.78 is 15.0. The van der Waals surface area contributed by atoms with Crippen molar-refractivity contribution in [3.63, 3.8) is 0 Å². The van der Waals surface area contributed by atoms with Crippen LogP contribution in [0.4, 0.5) is 9.59 Å². The van der Waals surface area contributed by atoms with E-state index in [1.165, 1.54) is 0 Å². The molecule has 190 valence electrons. The Balaban J connectivity index is 0.955. The van der Waals surface area contributed by atoms with E-state index in [-0.39, 0.29) is 12.2 Å². The molecule has 3 aromatic heterocycles. The quantitative estimate of drug-likeness (QED) is 0.416. The van der Waals surface area contributed by atoms with Gasteiger partial charge in [-0.05, 0) is 37.8 Å². The number of pyridine rings is 1. The van der Waals surface area contributed by atoms with Gasteiger partial charge in [0.1, 0.15) is 11.6 Å². The van der Waals surface area contributed by atoms with E-state index >= 15 is 0 Å². The first-order chi connectivity index (χ1) is 17.7. The lowest BCUT2D eigenvalue weighted by Gasteiger charge is -2.12. The van der Waals surface area contributed by atoms with Crippen LogP contribution in [0.5, 0.6) is 0 Å². The zero-order valence-electron chi connectivity index (χ0n) is 20.1. The summed E-state index contributed by atoms with van der Waals surface area (Å²) in [4.78, 5) is 37.4. The fourth-order valence-electron chi connectivity index (χ4n) is 4.66. The summed E-state index contributed by atoms with van der Waals surface area (Å²) in [6.07, 6.45) is 10.4.